The molecule has 1 rings (SSSR count). The van der Waals surface area contributed by atoms with Crippen LogP contribution in [0.1, 0.15) is 43.8 Å². The summed E-state index contributed by atoms with van der Waals surface area (Å²) in [6.45, 7) is 10.0. The number of nitrogens with one attached hydrogen (secondary N) is 2. The first-order valence-electron chi connectivity index (χ1n) is 7.29. The number of thiazole rings is 1. The topological polar surface area (TPSA) is 89.3 Å². The lowest BCUT2D eigenvalue weighted by Gasteiger charge is -2.07. The van der Waals surface area contributed by atoms with Gasteiger partial charge in [-0.05, 0) is 26.2 Å². The zero-order chi connectivity index (χ0) is 15.8. The Morgan fingerprint density at radius 2 is 2.05 bits per heavy atom. The van der Waals surface area contributed by atoms with Gasteiger partial charge in [0.1, 0.15) is 10.7 Å². The van der Waals surface area contributed by atoms with E-state index in [1.54, 1.807) is 0 Å². The van der Waals surface area contributed by atoms with Gasteiger partial charge in [0.15, 0.2) is 5.13 Å². The van der Waals surface area contributed by atoms with Crippen LogP contribution in [-0.4, -0.2) is 36.7 Å². The van der Waals surface area contributed by atoms with E-state index in [1.807, 2.05) is 13.8 Å². The van der Waals surface area contributed by atoms with Gasteiger partial charge in [-0.15, -0.1) is 0 Å². The Balaban J connectivity index is 2.33. The van der Waals surface area contributed by atoms with E-state index in [1.165, 1.54) is 11.3 Å². The van der Waals surface area contributed by atoms with Crippen LogP contribution in [0.5, 0.6) is 0 Å². The number of nitrogens with zero attached hydrogens (tertiary/aromatic N) is 1. The Hall–Kier alpha value is -1.34. The summed E-state index contributed by atoms with van der Waals surface area (Å²) in [6, 6.07) is 0.251. The highest BCUT2D eigenvalue weighted by Gasteiger charge is 2.16. The number of nitrogens with two attached hydrogens (primary N) is 1. The van der Waals surface area contributed by atoms with Crippen LogP contribution in [0.25, 0.3) is 0 Å². The third-order valence-electron chi connectivity index (χ3n) is 2.64. The number of amides is 1. The summed E-state index contributed by atoms with van der Waals surface area (Å²) in [4.78, 5) is 16.6. The van der Waals surface area contributed by atoms with E-state index in [0.29, 0.717) is 29.1 Å². The van der Waals surface area contributed by atoms with Gasteiger partial charge in [0, 0.05) is 19.2 Å². The number of carbonyl (C=O) groups is 1. The highest BCUT2D eigenvalue weighted by Crippen LogP contribution is 2.25. The molecule has 0 radical (unpaired) electrons. The van der Waals surface area contributed by atoms with Crippen LogP contribution in [0.4, 0.5) is 10.9 Å². The van der Waals surface area contributed by atoms with Crippen LogP contribution in [-0.2, 0) is 4.74 Å². The fourth-order valence-electron chi connectivity index (χ4n) is 1.54. The second kappa shape index (κ2) is 8.84. The van der Waals surface area contributed by atoms with Crippen molar-refractivity contribution in [2.45, 2.75) is 40.2 Å². The number of anilines is 2. The molecule has 120 valence electrons. The van der Waals surface area contributed by atoms with Crippen LogP contribution in [0.2, 0.25) is 0 Å². The number of ether oxygens (including phenoxy) is 1. The lowest BCUT2D eigenvalue weighted by molar-refractivity contribution is 0.0910. The van der Waals surface area contributed by atoms with Gasteiger partial charge >= 0.3 is 0 Å². The van der Waals surface area contributed by atoms with Gasteiger partial charge < -0.3 is 21.1 Å². The monoisotopic (exact) mass is 314 g/mol. The second-order valence-corrected chi connectivity index (χ2v) is 6.58. The van der Waals surface area contributed by atoms with Gasteiger partial charge in [-0.3, -0.25) is 4.79 Å². The third-order valence-corrected chi connectivity index (χ3v) is 3.64. The molecule has 0 unspecified atom stereocenters. The second-order valence-electron chi connectivity index (χ2n) is 5.58. The molecular weight excluding hydrogens is 288 g/mol. The molecular formula is C14H26N4O2S. The summed E-state index contributed by atoms with van der Waals surface area (Å²) in [5, 5.41) is 6.60. The first-order valence-corrected chi connectivity index (χ1v) is 8.10. The summed E-state index contributed by atoms with van der Waals surface area (Å²) < 4.78 is 5.45. The quantitative estimate of drug-likeness (QED) is 0.609. The molecule has 0 fully saturated rings. The van der Waals surface area contributed by atoms with Crippen LogP contribution in [0.3, 0.4) is 0 Å². The van der Waals surface area contributed by atoms with Crippen LogP contribution in [0, 0.1) is 5.92 Å². The van der Waals surface area contributed by atoms with Crippen molar-refractivity contribution in [3.05, 3.63) is 4.88 Å². The molecule has 4 N–H and O–H groups in total. The standard InChI is InChI=1S/C14H26N4O2S/c1-9(2)5-7-20-8-6-16-13(19)11-12(15)18-14(21-11)17-10(3)4/h9-10H,5-8,15H2,1-4H3,(H,16,19)(H,17,18). The summed E-state index contributed by atoms with van der Waals surface area (Å²) in [7, 11) is 0. The zero-order valence-corrected chi connectivity index (χ0v) is 14.0. The molecule has 1 amide bonds. The number of hydrogen-bond acceptors (Lipinski definition) is 6. The van der Waals surface area contributed by atoms with Gasteiger partial charge in [-0.1, -0.05) is 25.2 Å². The van der Waals surface area contributed by atoms with Gasteiger partial charge in [-0.2, -0.15) is 0 Å². The van der Waals surface area contributed by atoms with Crippen molar-refractivity contribution in [2.75, 3.05) is 30.8 Å². The Labute approximate surface area is 130 Å². The molecule has 7 heteroatoms. The van der Waals surface area contributed by atoms with Crippen molar-refractivity contribution in [2.24, 2.45) is 5.92 Å². The van der Waals surface area contributed by atoms with Crippen LogP contribution >= 0.6 is 11.3 Å². The first-order chi connectivity index (χ1) is 9.90. The highest BCUT2D eigenvalue weighted by atomic mass is 32.1. The van der Waals surface area contributed by atoms with Gasteiger partial charge in [0.05, 0.1) is 6.61 Å². The lowest BCUT2D eigenvalue weighted by atomic mass is 10.1. The van der Waals surface area contributed by atoms with E-state index in [2.05, 4.69) is 29.5 Å². The fraction of sp³-hybridized carbons (Fsp3) is 0.714. The lowest BCUT2D eigenvalue weighted by Crippen LogP contribution is -2.27. The van der Waals surface area contributed by atoms with Crippen molar-refractivity contribution in [1.29, 1.82) is 0 Å². The number of hydrogen-bond donors (Lipinski definition) is 3. The molecule has 0 aliphatic carbocycles. The SMILES string of the molecule is CC(C)CCOCCNC(=O)c1sc(NC(C)C)nc1N. The van der Waals surface area contributed by atoms with E-state index in [9.17, 15) is 4.79 Å². The summed E-state index contributed by atoms with van der Waals surface area (Å²) in [5.41, 5.74) is 5.77. The molecule has 1 aromatic rings. The van der Waals surface area contributed by atoms with Crippen LogP contribution < -0.4 is 16.4 Å². The number of carbonyl (C=O) groups excluding carboxylic acids is 1. The number of aromatic nitrogens is 1. The normalized spacial score (nSPS) is 11.1. The molecule has 6 nitrogen and oxygen atoms in total. The molecule has 0 bridgehead atoms. The maximum Gasteiger partial charge on any atom is 0.265 e. The minimum atomic E-state index is -0.200. The van der Waals surface area contributed by atoms with Gasteiger partial charge in [0.2, 0.25) is 0 Å². The summed E-state index contributed by atoms with van der Waals surface area (Å²) in [5.74, 6) is 0.694. The van der Waals surface area contributed by atoms with Gasteiger partial charge in [-0.25, -0.2) is 4.98 Å². The van der Waals surface area contributed by atoms with Crippen molar-refractivity contribution < 1.29 is 9.53 Å². The van der Waals surface area contributed by atoms with Gasteiger partial charge in [0.25, 0.3) is 5.91 Å². The fourth-order valence-corrected chi connectivity index (χ4v) is 2.49. The highest BCUT2D eigenvalue weighted by molar-refractivity contribution is 7.18. The maximum atomic E-state index is 12.0. The molecule has 0 aromatic carbocycles. The number of rotatable bonds is 9. The van der Waals surface area contributed by atoms with Crippen LogP contribution in [0.15, 0.2) is 0 Å². The minimum Gasteiger partial charge on any atom is -0.382 e. The predicted octanol–water partition coefficient (Wildman–Crippen LogP) is 2.34. The molecule has 0 aliphatic heterocycles. The molecule has 0 saturated carbocycles. The Kier molecular flexibility index (Phi) is 7.45. The molecule has 1 heterocycles. The molecule has 1 aromatic heterocycles. The molecule has 21 heavy (non-hydrogen) atoms. The Morgan fingerprint density at radius 3 is 2.67 bits per heavy atom. The average molecular weight is 314 g/mol. The summed E-state index contributed by atoms with van der Waals surface area (Å²) in [6.07, 6.45) is 1.03. The molecule has 0 saturated heterocycles. The third kappa shape index (κ3) is 6.77. The number of nitrogen functional groups attached to an aromatic ring is 1. The Bertz CT molecular complexity index is 446. The van der Waals surface area contributed by atoms with E-state index >= 15 is 0 Å². The van der Waals surface area contributed by atoms with Crippen molar-refractivity contribution in [1.82, 2.24) is 10.3 Å². The summed E-state index contributed by atoms with van der Waals surface area (Å²) >= 11 is 1.27. The minimum absolute atomic E-state index is 0.200. The maximum absolute atomic E-state index is 12.0. The molecule has 0 aliphatic rings. The Morgan fingerprint density at radius 1 is 1.33 bits per heavy atom. The smallest absolute Gasteiger partial charge is 0.265 e. The van der Waals surface area contributed by atoms with E-state index in [0.717, 1.165) is 13.0 Å². The zero-order valence-electron chi connectivity index (χ0n) is 13.2. The van der Waals surface area contributed by atoms with E-state index in [4.69, 9.17) is 10.5 Å². The van der Waals surface area contributed by atoms with Crippen molar-refractivity contribution in [3.63, 3.8) is 0 Å². The largest absolute Gasteiger partial charge is 0.382 e. The van der Waals surface area contributed by atoms with Crippen molar-refractivity contribution >= 4 is 28.2 Å². The first kappa shape index (κ1) is 17.7. The van der Waals surface area contributed by atoms with E-state index in [-0.39, 0.29) is 17.8 Å². The predicted molar refractivity (Wildman–Crippen MR) is 87.9 cm³/mol. The average Bonchev–Trinajstić information content (AvgIpc) is 2.73. The molecule has 0 atom stereocenters. The van der Waals surface area contributed by atoms with E-state index < -0.39 is 0 Å². The molecule has 0 spiro atoms. The van der Waals surface area contributed by atoms with Crippen molar-refractivity contribution in [3.8, 4) is 0 Å².